The molecule has 0 aliphatic rings. The zero-order chi connectivity index (χ0) is 23.3. The van der Waals surface area contributed by atoms with E-state index in [0.717, 1.165) is 6.07 Å². The van der Waals surface area contributed by atoms with Crippen LogP contribution in [0.5, 0.6) is 0 Å². The van der Waals surface area contributed by atoms with Crippen LogP contribution in [0.1, 0.15) is 49.3 Å². The number of hydrogen-bond donors (Lipinski definition) is 3. The van der Waals surface area contributed by atoms with Gasteiger partial charge in [0.2, 0.25) is 0 Å². The molecule has 4 rings (SSSR count). The molecule has 0 atom stereocenters. The highest BCUT2D eigenvalue weighted by atomic mass is 19.1. The van der Waals surface area contributed by atoms with Gasteiger partial charge in [-0.25, -0.2) is 4.39 Å². The van der Waals surface area contributed by atoms with Crippen LogP contribution in [0.2, 0.25) is 0 Å². The van der Waals surface area contributed by atoms with E-state index < -0.39 is 22.9 Å². The number of pyridine rings is 2. The molecular formula is C25H24FN3O3. The van der Waals surface area contributed by atoms with Crippen molar-refractivity contribution in [2.24, 2.45) is 0 Å². The van der Waals surface area contributed by atoms with Crippen molar-refractivity contribution in [3.05, 3.63) is 87.6 Å². The third kappa shape index (κ3) is 3.87. The summed E-state index contributed by atoms with van der Waals surface area (Å²) in [5.74, 6) is -1.39. The van der Waals surface area contributed by atoms with Gasteiger partial charge in [0.25, 0.3) is 5.91 Å². The summed E-state index contributed by atoms with van der Waals surface area (Å²) in [4.78, 5) is 33.1. The zero-order valence-electron chi connectivity index (χ0n) is 18.3. The number of carbonyl (C=O) groups excluding carboxylic acids is 1. The van der Waals surface area contributed by atoms with E-state index in [4.69, 9.17) is 0 Å². The van der Waals surface area contributed by atoms with Crippen molar-refractivity contribution in [3.8, 4) is 0 Å². The molecule has 2 heterocycles. The Morgan fingerprint density at radius 1 is 1.03 bits per heavy atom. The fourth-order valence-electron chi connectivity index (χ4n) is 3.67. The normalized spacial score (nSPS) is 12.3. The van der Waals surface area contributed by atoms with Gasteiger partial charge >= 0.3 is 0 Å². The van der Waals surface area contributed by atoms with Gasteiger partial charge < -0.3 is 15.4 Å². The minimum Gasteiger partial charge on any atom is -0.384 e. The molecule has 2 aromatic heterocycles. The summed E-state index contributed by atoms with van der Waals surface area (Å²) >= 11 is 0. The summed E-state index contributed by atoms with van der Waals surface area (Å²) < 4.78 is 14.9. The molecule has 4 aromatic rings. The standard InChI is InChI=1S/C25H24FN3O3/c1-24(2,14-9-10-21(27-13-14)25(3,4)32)29-23(31)16-12-20-17(11-18(16)26)22(30)15-7-5-6-8-19(15)28-20/h5-13,32H,1-4H3,(H,28,30)(H,29,31). The quantitative estimate of drug-likeness (QED) is 0.422. The molecular weight excluding hydrogens is 409 g/mol. The van der Waals surface area contributed by atoms with Crippen LogP contribution in [0, 0.1) is 5.82 Å². The number of rotatable bonds is 4. The number of aromatic amines is 1. The second kappa shape index (κ2) is 7.53. The number of hydrogen-bond acceptors (Lipinski definition) is 4. The molecule has 0 aliphatic carbocycles. The van der Waals surface area contributed by atoms with Crippen molar-refractivity contribution in [3.63, 3.8) is 0 Å². The first-order chi connectivity index (χ1) is 15.0. The maximum absolute atomic E-state index is 14.9. The maximum atomic E-state index is 14.9. The van der Waals surface area contributed by atoms with Crippen molar-refractivity contribution < 1.29 is 14.3 Å². The number of nitrogens with one attached hydrogen (secondary N) is 2. The van der Waals surface area contributed by atoms with Crippen LogP contribution in [0.3, 0.4) is 0 Å². The second-order valence-corrected chi connectivity index (χ2v) is 8.95. The molecule has 7 heteroatoms. The molecule has 0 saturated heterocycles. The molecule has 3 N–H and O–H groups in total. The number of H-pyrrole nitrogens is 1. The highest BCUT2D eigenvalue weighted by Gasteiger charge is 2.27. The Hall–Kier alpha value is -3.58. The molecule has 0 bridgehead atoms. The molecule has 0 fully saturated rings. The minimum absolute atomic E-state index is 0.169. The van der Waals surface area contributed by atoms with E-state index in [1.165, 1.54) is 6.07 Å². The van der Waals surface area contributed by atoms with E-state index in [0.29, 0.717) is 27.7 Å². The van der Waals surface area contributed by atoms with Gasteiger partial charge in [0, 0.05) is 22.5 Å². The molecule has 164 valence electrons. The van der Waals surface area contributed by atoms with Crippen LogP contribution in [0.4, 0.5) is 4.39 Å². The molecule has 0 saturated carbocycles. The lowest BCUT2D eigenvalue weighted by atomic mass is 9.93. The van der Waals surface area contributed by atoms with E-state index >= 15 is 0 Å². The summed E-state index contributed by atoms with van der Waals surface area (Å²) in [6.45, 7) is 6.83. The van der Waals surface area contributed by atoms with Gasteiger partial charge in [-0.15, -0.1) is 0 Å². The van der Waals surface area contributed by atoms with Crippen LogP contribution < -0.4 is 10.7 Å². The summed E-state index contributed by atoms with van der Waals surface area (Å²) in [5.41, 5.74) is -0.215. The third-order valence-electron chi connectivity index (χ3n) is 5.58. The van der Waals surface area contributed by atoms with Gasteiger partial charge in [-0.2, -0.15) is 0 Å². The summed E-state index contributed by atoms with van der Waals surface area (Å²) in [7, 11) is 0. The fourth-order valence-corrected chi connectivity index (χ4v) is 3.67. The number of amides is 1. The molecule has 0 radical (unpaired) electrons. The monoisotopic (exact) mass is 433 g/mol. The number of fused-ring (bicyclic) bond motifs is 2. The van der Waals surface area contributed by atoms with Gasteiger partial charge in [0.05, 0.1) is 22.3 Å². The number of para-hydroxylation sites is 1. The molecule has 1 amide bonds. The molecule has 2 aromatic carbocycles. The highest BCUT2D eigenvalue weighted by molar-refractivity contribution is 6.00. The number of aliphatic hydroxyl groups is 1. The van der Waals surface area contributed by atoms with Crippen LogP contribution in [-0.2, 0) is 11.1 Å². The Bertz CT molecular complexity index is 1400. The largest absolute Gasteiger partial charge is 0.384 e. The van der Waals surface area contributed by atoms with Crippen LogP contribution >= 0.6 is 0 Å². The molecule has 32 heavy (non-hydrogen) atoms. The van der Waals surface area contributed by atoms with Gasteiger partial charge in [0.1, 0.15) is 11.4 Å². The lowest BCUT2D eigenvalue weighted by Gasteiger charge is -2.27. The smallest absolute Gasteiger partial charge is 0.255 e. The predicted octanol–water partition coefficient (Wildman–Crippen LogP) is 4.11. The van der Waals surface area contributed by atoms with Gasteiger partial charge in [-0.05, 0) is 63.6 Å². The SMILES string of the molecule is CC(C)(O)c1ccc(C(C)(C)NC(=O)c2cc3[nH]c4ccccc4c(=O)c3cc2F)cn1. The lowest BCUT2D eigenvalue weighted by Crippen LogP contribution is -2.41. The topological polar surface area (TPSA) is 95.1 Å². The Kier molecular flexibility index (Phi) is 5.09. The average Bonchev–Trinajstić information content (AvgIpc) is 2.73. The van der Waals surface area contributed by atoms with E-state index in [1.807, 2.05) is 0 Å². The summed E-state index contributed by atoms with van der Waals surface area (Å²) in [5, 5.41) is 13.6. The van der Waals surface area contributed by atoms with Crippen molar-refractivity contribution in [2.75, 3.05) is 0 Å². The first-order valence-electron chi connectivity index (χ1n) is 10.2. The Balaban J connectivity index is 1.69. The van der Waals surface area contributed by atoms with Gasteiger partial charge in [-0.3, -0.25) is 14.6 Å². The number of carbonyl (C=O) groups is 1. The van der Waals surface area contributed by atoms with E-state index in [-0.39, 0.29) is 16.4 Å². The maximum Gasteiger partial charge on any atom is 0.255 e. The van der Waals surface area contributed by atoms with Crippen molar-refractivity contribution in [1.29, 1.82) is 0 Å². The van der Waals surface area contributed by atoms with Crippen LogP contribution in [0.25, 0.3) is 21.8 Å². The molecule has 0 unspecified atom stereocenters. The highest BCUT2D eigenvalue weighted by Crippen LogP contribution is 2.25. The average molecular weight is 433 g/mol. The van der Waals surface area contributed by atoms with Crippen LogP contribution in [-0.4, -0.2) is 21.0 Å². The molecule has 6 nitrogen and oxygen atoms in total. The lowest BCUT2D eigenvalue weighted by molar-refractivity contribution is 0.0736. The van der Waals surface area contributed by atoms with Gasteiger partial charge in [-0.1, -0.05) is 18.2 Å². The summed E-state index contributed by atoms with van der Waals surface area (Å²) in [6.07, 6.45) is 1.58. The van der Waals surface area contributed by atoms with Gasteiger partial charge in [0.15, 0.2) is 5.43 Å². The number of nitrogens with zero attached hydrogens (tertiary/aromatic N) is 1. The first-order valence-corrected chi connectivity index (χ1v) is 10.2. The Morgan fingerprint density at radius 2 is 1.75 bits per heavy atom. The Labute approximate surface area is 184 Å². The van der Waals surface area contributed by atoms with Crippen molar-refractivity contribution >= 4 is 27.7 Å². The van der Waals surface area contributed by atoms with Crippen LogP contribution in [0.15, 0.2) is 59.5 Å². The predicted molar refractivity (Wildman–Crippen MR) is 122 cm³/mol. The molecule has 0 spiro atoms. The van der Waals surface area contributed by atoms with E-state index in [1.54, 1.807) is 70.3 Å². The van der Waals surface area contributed by atoms with Crippen molar-refractivity contribution in [1.82, 2.24) is 15.3 Å². The number of aromatic nitrogens is 2. The second-order valence-electron chi connectivity index (χ2n) is 8.95. The molecule has 0 aliphatic heterocycles. The zero-order valence-corrected chi connectivity index (χ0v) is 18.3. The first kappa shape index (κ1) is 21.6. The van der Waals surface area contributed by atoms with Crippen molar-refractivity contribution in [2.45, 2.75) is 38.8 Å². The fraction of sp³-hybridized carbons (Fsp3) is 0.240. The Morgan fingerprint density at radius 3 is 2.41 bits per heavy atom. The number of benzene rings is 2. The van der Waals surface area contributed by atoms with E-state index in [2.05, 4.69) is 15.3 Å². The minimum atomic E-state index is -1.08. The number of halogens is 1. The van der Waals surface area contributed by atoms with E-state index in [9.17, 15) is 19.1 Å². The summed E-state index contributed by atoms with van der Waals surface area (Å²) in [6, 6.07) is 12.9. The third-order valence-corrected chi connectivity index (χ3v) is 5.58.